The molecule has 0 radical (unpaired) electrons. The van der Waals surface area contributed by atoms with E-state index in [1.54, 1.807) is 25.3 Å². The molecule has 2 amide bonds. The van der Waals surface area contributed by atoms with Gasteiger partial charge in [0.2, 0.25) is 5.91 Å². The van der Waals surface area contributed by atoms with E-state index in [2.05, 4.69) is 9.80 Å². The summed E-state index contributed by atoms with van der Waals surface area (Å²) in [4.78, 5) is 32.3. The zero-order valence-electron chi connectivity index (χ0n) is 18.3. The largest absolute Gasteiger partial charge is 0.496 e. The second kappa shape index (κ2) is 8.62. The molecule has 4 fully saturated rings. The molecule has 1 aromatic carbocycles. The number of amides is 2. The molecule has 4 aliphatic heterocycles. The van der Waals surface area contributed by atoms with Crippen LogP contribution in [0.3, 0.4) is 0 Å². The molecule has 6 nitrogen and oxygen atoms in total. The molecule has 4 saturated heterocycles. The van der Waals surface area contributed by atoms with Crippen molar-refractivity contribution in [3.63, 3.8) is 0 Å². The van der Waals surface area contributed by atoms with Gasteiger partial charge in [-0.15, -0.1) is 0 Å². The molecule has 4 heterocycles. The normalized spacial score (nSPS) is 29.6. The molecule has 0 aromatic heterocycles. The van der Waals surface area contributed by atoms with Crippen molar-refractivity contribution in [2.24, 2.45) is 11.8 Å². The number of hydrogen-bond acceptors (Lipinski definition) is 4. The van der Waals surface area contributed by atoms with Crippen LogP contribution in [-0.2, 0) is 4.79 Å². The van der Waals surface area contributed by atoms with E-state index < -0.39 is 0 Å². The molecule has 2 unspecified atom stereocenters. The van der Waals surface area contributed by atoms with Crippen molar-refractivity contribution in [3.05, 3.63) is 28.8 Å². The van der Waals surface area contributed by atoms with Crippen LogP contribution >= 0.6 is 11.6 Å². The lowest BCUT2D eigenvalue weighted by Gasteiger charge is -2.54. The van der Waals surface area contributed by atoms with Crippen LogP contribution < -0.4 is 4.74 Å². The molecule has 168 valence electrons. The first-order valence-electron chi connectivity index (χ1n) is 11.7. The van der Waals surface area contributed by atoms with Crippen LogP contribution in [0.2, 0.25) is 5.02 Å². The fraction of sp³-hybridized carbons (Fsp3) is 0.667. The smallest absolute Gasteiger partial charge is 0.257 e. The highest BCUT2D eigenvalue weighted by atomic mass is 35.5. The Hall–Kier alpha value is -1.79. The van der Waals surface area contributed by atoms with Gasteiger partial charge >= 0.3 is 0 Å². The molecule has 0 saturated carbocycles. The van der Waals surface area contributed by atoms with Crippen molar-refractivity contribution in [1.82, 2.24) is 14.7 Å². The quantitative estimate of drug-likeness (QED) is 0.716. The Morgan fingerprint density at radius 3 is 2.71 bits per heavy atom. The minimum absolute atomic E-state index is 0.0267. The van der Waals surface area contributed by atoms with E-state index in [1.165, 1.54) is 12.8 Å². The zero-order chi connectivity index (χ0) is 21.5. The van der Waals surface area contributed by atoms with Gasteiger partial charge in [0.1, 0.15) is 5.75 Å². The van der Waals surface area contributed by atoms with Gasteiger partial charge < -0.3 is 14.5 Å². The average Bonchev–Trinajstić information content (AvgIpc) is 2.79. The van der Waals surface area contributed by atoms with Crippen LogP contribution in [0.15, 0.2) is 18.2 Å². The van der Waals surface area contributed by atoms with E-state index in [-0.39, 0.29) is 5.91 Å². The highest BCUT2D eigenvalue weighted by Gasteiger charge is 2.45. The number of benzene rings is 1. The average molecular weight is 446 g/mol. The third-order valence-electron chi connectivity index (χ3n) is 7.87. The highest BCUT2D eigenvalue weighted by molar-refractivity contribution is 6.30. The lowest BCUT2D eigenvalue weighted by Crippen LogP contribution is -2.62. The Labute approximate surface area is 189 Å². The maximum Gasteiger partial charge on any atom is 0.257 e. The summed E-state index contributed by atoms with van der Waals surface area (Å²) in [6.45, 7) is 4.69. The number of ether oxygens (including phenoxy) is 1. The summed E-state index contributed by atoms with van der Waals surface area (Å²) in [5.74, 6) is 2.17. The van der Waals surface area contributed by atoms with Gasteiger partial charge in [0, 0.05) is 56.3 Å². The molecule has 7 heteroatoms. The van der Waals surface area contributed by atoms with E-state index in [0.29, 0.717) is 46.2 Å². The predicted molar refractivity (Wildman–Crippen MR) is 119 cm³/mol. The molecule has 5 rings (SSSR count). The van der Waals surface area contributed by atoms with Gasteiger partial charge in [-0.3, -0.25) is 14.5 Å². The number of fused-ring (bicyclic) bond motifs is 4. The lowest BCUT2D eigenvalue weighted by atomic mass is 9.75. The van der Waals surface area contributed by atoms with E-state index in [1.807, 2.05) is 4.90 Å². The van der Waals surface area contributed by atoms with E-state index >= 15 is 0 Å². The highest BCUT2D eigenvalue weighted by Crippen LogP contribution is 2.39. The number of hydrogen-bond donors (Lipinski definition) is 0. The summed E-state index contributed by atoms with van der Waals surface area (Å²) in [6.07, 6.45) is 6.26. The maximum atomic E-state index is 13.1. The van der Waals surface area contributed by atoms with Gasteiger partial charge in [-0.1, -0.05) is 11.6 Å². The number of halogens is 1. The number of carbonyl (C=O) groups is 2. The zero-order valence-corrected chi connectivity index (χ0v) is 19.0. The van der Waals surface area contributed by atoms with Crippen LogP contribution in [0.4, 0.5) is 0 Å². The van der Waals surface area contributed by atoms with Crippen molar-refractivity contribution in [1.29, 1.82) is 0 Å². The number of nitrogens with zero attached hydrogens (tertiary/aromatic N) is 3. The van der Waals surface area contributed by atoms with Crippen LogP contribution in [0, 0.1) is 11.8 Å². The Morgan fingerprint density at radius 2 is 1.94 bits per heavy atom. The minimum Gasteiger partial charge on any atom is -0.496 e. The SMILES string of the molecule is COc1cc(Cl)ccc1C(=O)N1CCC(N2CC3CC(C2)[C@H]2CCCC(=O)N2C3)CC1. The number of piperidine rings is 4. The Morgan fingerprint density at radius 1 is 1.13 bits per heavy atom. The first-order valence-corrected chi connectivity index (χ1v) is 12.1. The summed E-state index contributed by atoms with van der Waals surface area (Å²) < 4.78 is 5.38. The molecule has 1 aromatic rings. The number of rotatable bonds is 3. The number of methoxy groups -OCH3 is 1. The third kappa shape index (κ3) is 4.05. The second-order valence-electron chi connectivity index (χ2n) is 9.69. The topological polar surface area (TPSA) is 53.1 Å². The van der Waals surface area contributed by atoms with Crippen molar-refractivity contribution in [3.8, 4) is 5.75 Å². The van der Waals surface area contributed by atoms with Crippen molar-refractivity contribution in [2.45, 2.75) is 50.6 Å². The molecular weight excluding hydrogens is 414 g/mol. The van der Waals surface area contributed by atoms with Gasteiger partial charge in [-0.25, -0.2) is 0 Å². The molecule has 0 spiro atoms. The molecule has 0 N–H and O–H groups in total. The first-order chi connectivity index (χ1) is 15.0. The molecule has 2 bridgehead atoms. The van der Waals surface area contributed by atoms with Crippen LogP contribution in [0.5, 0.6) is 5.75 Å². The molecule has 3 atom stereocenters. The minimum atomic E-state index is 0.0267. The van der Waals surface area contributed by atoms with Crippen LogP contribution in [0.25, 0.3) is 0 Å². The van der Waals surface area contributed by atoms with Crippen LogP contribution in [0.1, 0.15) is 48.9 Å². The van der Waals surface area contributed by atoms with Gasteiger partial charge in [-0.2, -0.15) is 0 Å². The predicted octanol–water partition coefficient (Wildman–Crippen LogP) is 3.29. The summed E-state index contributed by atoms with van der Waals surface area (Å²) in [5, 5.41) is 0.570. The first kappa shape index (κ1) is 21.1. The van der Waals surface area contributed by atoms with Crippen molar-refractivity contribution >= 4 is 23.4 Å². The monoisotopic (exact) mass is 445 g/mol. The standard InChI is InChI=1S/C24H32ClN3O3/c1-31-22-12-18(25)5-6-20(22)24(30)26-9-7-19(8-10-26)27-13-16-11-17(15-27)21-3-2-4-23(29)28(21)14-16/h5-6,12,16-17,19,21H,2-4,7-11,13-15H2,1H3/t16?,17?,21-/m1/s1. The van der Waals surface area contributed by atoms with Gasteiger partial charge in [0.15, 0.2) is 0 Å². The van der Waals surface area contributed by atoms with Gasteiger partial charge in [-0.05, 0) is 62.1 Å². The van der Waals surface area contributed by atoms with E-state index in [0.717, 1.165) is 58.4 Å². The summed E-state index contributed by atoms with van der Waals surface area (Å²) >= 11 is 6.05. The summed E-state index contributed by atoms with van der Waals surface area (Å²) in [7, 11) is 1.57. The van der Waals surface area contributed by atoms with Gasteiger partial charge in [0.05, 0.1) is 12.7 Å². The van der Waals surface area contributed by atoms with Crippen molar-refractivity contribution in [2.75, 3.05) is 39.8 Å². The summed E-state index contributed by atoms with van der Waals surface area (Å²) in [5.41, 5.74) is 0.583. The second-order valence-corrected chi connectivity index (χ2v) is 10.1. The van der Waals surface area contributed by atoms with Crippen LogP contribution in [-0.4, -0.2) is 78.4 Å². The van der Waals surface area contributed by atoms with E-state index in [9.17, 15) is 9.59 Å². The van der Waals surface area contributed by atoms with E-state index in [4.69, 9.17) is 16.3 Å². The van der Waals surface area contributed by atoms with Gasteiger partial charge in [0.25, 0.3) is 5.91 Å². The fourth-order valence-corrected chi connectivity index (χ4v) is 6.55. The third-order valence-corrected chi connectivity index (χ3v) is 8.11. The Bertz CT molecular complexity index is 854. The molecule has 0 aliphatic carbocycles. The Balaban J connectivity index is 1.21. The number of carbonyl (C=O) groups excluding carboxylic acids is 2. The van der Waals surface area contributed by atoms with Crippen molar-refractivity contribution < 1.29 is 14.3 Å². The number of likely N-dealkylation sites (tertiary alicyclic amines) is 2. The maximum absolute atomic E-state index is 13.1. The fourth-order valence-electron chi connectivity index (χ4n) is 6.39. The Kier molecular flexibility index (Phi) is 5.86. The molecular formula is C24H32ClN3O3. The molecule has 31 heavy (non-hydrogen) atoms. The summed E-state index contributed by atoms with van der Waals surface area (Å²) in [6, 6.07) is 6.20. The molecule has 4 aliphatic rings. The lowest BCUT2D eigenvalue weighted by molar-refractivity contribution is -0.145.